The van der Waals surface area contributed by atoms with Gasteiger partial charge in [0.15, 0.2) is 0 Å². The second-order valence-electron chi connectivity index (χ2n) is 5.00. The highest BCUT2D eigenvalue weighted by molar-refractivity contribution is 7.89. The fraction of sp³-hybridized carbons (Fsp3) is 0.462. The van der Waals surface area contributed by atoms with Gasteiger partial charge >= 0.3 is 5.97 Å². The van der Waals surface area contributed by atoms with Gasteiger partial charge < -0.3 is 10.2 Å². The van der Waals surface area contributed by atoms with Crippen molar-refractivity contribution in [3.63, 3.8) is 0 Å². The van der Waals surface area contributed by atoms with Gasteiger partial charge in [0.05, 0.1) is 17.1 Å². The molecule has 2 rings (SSSR count). The maximum absolute atomic E-state index is 13.7. The fourth-order valence-electron chi connectivity index (χ4n) is 2.48. The molecule has 0 aromatic heterocycles. The molecule has 1 fully saturated rings. The second-order valence-corrected chi connectivity index (χ2v) is 6.89. The summed E-state index contributed by atoms with van der Waals surface area (Å²) in [6, 6.07) is 1.42. The van der Waals surface area contributed by atoms with Crippen molar-refractivity contribution in [3.05, 3.63) is 29.1 Å². The lowest BCUT2D eigenvalue weighted by atomic mass is 10.1. The van der Waals surface area contributed by atoms with E-state index in [-0.39, 0.29) is 23.6 Å². The third-order valence-electron chi connectivity index (χ3n) is 3.60. The summed E-state index contributed by atoms with van der Waals surface area (Å²) in [5.74, 6) is -2.46. The Morgan fingerprint density at radius 2 is 2.14 bits per heavy atom. The highest BCUT2D eigenvalue weighted by Crippen LogP contribution is 2.28. The molecule has 1 heterocycles. The van der Waals surface area contributed by atoms with Crippen LogP contribution in [0.15, 0.2) is 17.0 Å². The largest absolute Gasteiger partial charge is 0.478 e. The van der Waals surface area contributed by atoms with Crippen molar-refractivity contribution < 1.29 is 27.8 Å². The number of aliphatic hydroxyl groups is 1. The van der Waals surface area contributed by atoms with Gasteiger partial charge in [-0.15, -0.1) is 0 Å². The van der Waals surface area contributed by atoms with Crippen LogP contribution in [-0.2, 0) is 10.0 Å². The lowest BCUT2D eigenvalue weighted by molar-refractivity contribution is 0.0691. The first-order valence-electron chi connectivity index (χ1n) is 6.45. The minimum Gasteiger partial charge on any atom is -0.478 e. The van der Waals surface area contributed by atoms with Crippen molar-refractivity contribution in [1.82, 2.24) is 4.31 Å². The van der Waals surface area contributed by atoms with Crippen LogP contribution >= 0.6 is 0 Å². The summed E-state index contributed by atoms with van der Waals surface area (Å²) in [6.45, 7) is 1.27. The van der Waals surface area contributed by atoms with Crippen LogP contribution in [0.5, 0.6) is 0 Å². The summed E-state index contributed by atoms with van der Waals surface area (Å²) in [6.07, 6.45) is 1.16. The molecule has 0 radical (unpaired) electrons. The van der Waals surface area contributed by atoms with E-state index >= 15 is 0 Å². The molecule has 116 valence electrons. The number of hydrogen-bond acceptors (Lipinski definition) is 4. The van der Waals surface area contributed by atoms with Crippen LogP contribution in [0, 0.1) is 12.7 Å². The molecule has 1 aromatic rings. The van der Waals surface area contributed by atoms with Crippen molar-refractivity contribution in [2.45, 2.75) is 30.7 Å². The number of carboxylic acids is 1. The zero-order valence-corrected chi connectivity index (χ0v) is 12.2. The van der Waals surface area contributed by atoms with E-state index in [9.17, 15) is 22.7 Å². The van der Waals surface area contributed by atoms with E-state index < -0.39 is 33.4 Å². The fourth-order valence-corrected chi connectivity index (χ4v) is 4.28. The summed E-state index contributed by atoms with van der Waals surface area (Å²) in [7, 11) is -3.95. The standard InChI is InChI=1S/C13H16FNO5S/c1-8-5-10(6-11(12(8)14)13(17)18)21(19,20)15-4-2-3-9(15)7-16/h5-6,9,16H,2-4,7H2,1H3,(H,17,18)/t9-/m1/s1. The van der Waals surface area contributed by atoms with Gasteiger partial charge in [0.25, 0.3) is 0 Å². The van der Waals surface area contributed by atoms with Crippen LogP contribution in [0.25, 0.3) is 0 Å². The molecule has 0 saturated carbocycles. The van der Waals surface area contributed by atoms with Crippen molar-refractivity contribution in [1.29, 1.82) is 0 Å². The molecule has 0 unspecified atom stereocenters. The van der Waals surface area contributed by atoms with E-state index in [2.05, 4.69) is 0 Å². The molecular weight excluding hydrogens is 301 g/mol. The van der Waals surface area contributed by atoms with Crippen LogP contribution < -0.4 is 0 Å². The van der Waals surface area contributed by atoms with E-state index in [0.29, 0.717) is 12.8 Å². The molecule has 1 saturated heterocycles. The Balaban J connectivity index is 2.53. The minimum atomic E-state index is -3.95. The Hall–Kier alpha value is -1.51. The zero-order chi connectivity index (χ0) is 15.8. The molecule has 2 N–H and O–H groups in total. The first-order chi connectivity index (χ1) is 9.78. The average molecular weight is 317 g/mol. The molecule has 1 aromatic carbocycles. The summed E-state index contributed by atoms with van der Waals surface area (Å²) < 4.78 is 39.9. The topological polar surface area (TPSA) is 94.9 Å². The van der Waals surface area contributed by atoms with Gasteiger partial charge in [0.1, 0.15) is 5.82 Å². The Morgan fingerprint density at radius 3 is 2.71 bits per heavy atom. The van der Waals surface area contributed by atoms with Crippen molar-refractivity contribution >= 4 is 16.0 Å². The number of rotatable bonds is 4. The summed E-state index contributed by atoms with van der Waals surface area (Å²) >= 11 is 0. The Kier molecular flexibility index (Phi) is 4.31. The Morgan fingerprint density at radius 1 is 1.48 bits per heavy atom. The molecule has 1 atom stereocenters. The number of hydrogen-bond donors (Lipinski definition) is 2. The van der Waals surface area contributed by atoms with Crippen molar-refractivity contribution in [2.24, 2.45) is 0 Å². The SMILES string of the molecule is Cc1cc(S(=O)(=O)N2CCC[C@@H]2CO)cc(C(=O)O)c1F. The third kappa shape index (κ3) is 2.78. The van der Waals surface area contributed by atoms with Gasteiger partial charge in [-0.3, -0.25) is 0 Å². The molecule has 0 bridgehead atoms. The number of sulfonamides is 1. The van der Waals surface area contributed by atoms with Crippen molar-refractivity contribution in [2.75, 3.05) is 13.2 Å². The maximum atomic E-state index is 13.7. The lowest BCUT2D eigenvalue weighted by Gasteiger charge is -2.22. The van der Waals surface area contributed by atoms with Gasteiger partial charge in [-0.1, -0.05) is 0 Å². The normalized spacial score (nSPS) is 19.9. The highest BCUT2D eigenvalue weighted by Gasteiger charge is 2.35. The van der Waals surface area contributed by atoms with Gasteiger partial charge in [-0.2, -0.15) is 4.31 Å². The lowest BCUT2D eigenvalue weighted by Crippen LogP contribution is -2.37. The molecular formula is C13H16FNO5S. The number of carbonyl (C=O) groups is 1. The number of benzene rings is 1. The highest BCUT2D eigenvalue weighted by atomic mass is 32.2. The molecule has 1 aliphatic rings. The van der Waals surface area contributed by atoms with E-state index in [1.807, 2.05) is 0 Å². The van der Waals surface area contributed by atoms with Crippen LogP contribution in [0.3, 0.4) is 0 Å². The first-order valence-corrected chi connectivity index (χ1v) is 7.89. The monoisotopic (exact) mass is 317 g/mol. The number of halogens is 1. The molecule has 1 aliphatic heterocycles. The molecule has 6 nitrogen and oxygen atoms in total. The molecule has 8 heteroatoms. The third-order valence-corrected chi connectivity index (χ3v) is 5.53. The van der Waals surface area contributed by atoms with Crippen LogP contribution in [0.1, 0.15) is 28.8 Å². The summed E-state index contributed by atoms with van der Waals surface area (Å²) in [4.78, 5) is 10.7. The van der Waals surface area contributed by atoms with Crippen molar-refractivity contribution in [3.8, 4) is 0 Å². The van der Waals surface area contributed by atoms with E-state index in [1.165, 1.54) is 6.92 Å². The van der Waals surface area contributed by atoms with Gasteiger partial charge in [0.2, 0.25) is 10.0 Å². The van der Waals surface area contributed by atoms with Crippen LogP contribution in [0.4, 0.5) is 4.39 Å². The molecule has 21 heavy (non-hydrogen) atoms. The quantitative estimate of drug-likeness (QED) is 0.863. The van der Waals surface area contributed by atoms with Gasteiger partial charge in [-0.05, 0) is 37.5 Å². The summed E-state index contributed by atoms with van der Waals surface area (Å²) in [5.41, 5.74) is -0.721. The predicted molar refractivity (Wildman–Crippen MR) is 72.1 cm³/mol. The maximum Gasteiger partial charge on any atom is 0.338 e. The number of aryl methyl sites for hydroxylation is 1. The number of aromatic carboxylic acids is 1. The Bertz CT molecular complexity index is 673. The summed E-state index contributed by atoms with van der Waals surface area (Å²) in [5, 5.41) is 18.2. The van der Waals surface area contributed by atoms with Gasteiger partial charge in [-0.25, -0.2) is 17.6 Å². The van der Waals surface area contributed by atoms with E-state index in [0.717, 1.165) is 16.4 Å². The van der Waals surface area contributed by atoms with Crippen LogP contribution in [-0.4, -0.2) is 48.1 Å². The number of aliphatic hydroxyl groups excluding tert-OH is 1. The molecule has 0 aliphatic carbocycles. The zero-order valence-electron chi connectivity index (χ0n) is 11.4. The molecule has 0 spiro atoms. The van der Waals surface area contributed by atoms with E-state index in [4.69, 9.17) is 5.11 Å². The minimum absolute atomic E-state index is 0.0479. The molecule has 0 amide bonds. The Labute approximate surface area is 121 Å². The number of nitrogens with zero attached hydrogens (tertiary/aromatic N) is 1. The predicted octanol–water partition coefficient (Wildman–Crippen LogP) is 0.978. The van der Waals surface area contributed by atoms with Gasteiger partial charge in [0, 0.05) is 12.6 Å². The van der Waals surface area contributed by atoms with Crippen LogP contribution in [0.2, 0.25) is 0 Å². The van der Waals surface area contributed by atoms with E-state index in [1.54, 1.807) is 0 Å². The second kappa shape index (κ2) is 5.70. The number of carboxylic acid groups (broad SMARTS) is 1. The smallest absolute Gasteiger partial charge is 0.338 e. The average Bonchev–Trinajstić information content (AvgIpc) is 2.90. The first kappa shape index (κ1) is 15.9.